The molecule has 1 aliphatic carbocycles. The van der Waals surface area contributed by atoms with E-state index in [1.54, 1.807) is 0 Å². The summed E-state index contributed by atoms with van der Waals surface area (Å²) in [6.45, 7) is 0. The van der Waals surface area contributed by atoms with Crippen LogP contribution in [0.4, 0.5) is 4.79 Å². The van der Waals surface area contributed by atoms with Crippen LogP contribution in [-0.2, 0) is 4.74 Å². The van der Waals surface area contributed by atoms with Crippen molar-refractivity contribution >= 4 is 6.09 Å². The molecular formula is C5H8N2O2. The Bertz CT molecular complexity index is 140. The monoisotopic (exact) mass is 128 g/mol. The summed E-state index contributed by atoms with van der Waals surface area (Å²) in [5.41, 5.74) is 0. The molecule has 0 N–H and O–H groups in total. The number of ether oxygens (including phenoxy) is 1. The average molecular weight is 128 g/mol. The Morgan fingerprint density at radius 3 is 2.78 bits per heavy atom. The first-order valence-corrected chi connectivity index (χ1v) is 2.81. The highest BCUT2D eigenvalue weighted by molar-refractivity contribution is 5.67. The van der Waals surface area contributed by atoms with Gasteiger partial charge in [-0.25, -0.2) is 4.79 Å². The number of methoxy groups -OCH3 is 1. The van der Waals surface area contributed by atoms with E-state index in [2.05, 4.69) is 15.0 Å². The van der Waals surface area contributed by atoms with E-state index in [0.717, 1.165) is 12.8 Å². The Kier molecular flexibility index (Phi) is 1.77. The highest BCUT2D eigenvalue weighted by atomic mass is 16.5. The Morgan fingerprint density at radius 2 is 2.33 bits per heavy atom. The maximum Gasteiger partial charge on any atom is 0.451 e. The first kappa shape index (κ1) is 6.19. The second-order valence-electron chi connectivity index (χ2n) is 1.92. The smallest absolute Gasteiger partial charge is 0.450 e. The molecule has 1 rings (SSSR count). The molecule has 4 nitrogen and oxygen atoms in total. The zero-order valence-corrected chi connectivity index (χ0v) is 5.20. The van der Waals surface area contributed by atoms with Gasteiger partial charge in [-0.15, -0.1) is 0 Å². The summed E-state index contributed by atoms with van der Waals surface area (Å²) < 4.78 is 4.23. The van der Waals surface area contributed by atoms with Gasteiger partial charge in [0.15, 0.2) is 0 Å². The lowest BCUT2D eigenvalue weighted by atomic mass is 10.8. The third kappa shape index (κ3) is 2.21. The summed E-state index contributed by atoms with van der Waals surface area (Å²) in [5, 5.41) is 6.93. The van der Waals surface area contributed by atoms with Crippen LogP contribution in [0.25, 0.3) is 0 Å². The lowest BCUT2D eigenvalue weighted by Gasteiger charge is -1.85. The molecule has 0 atom stereocenters. The summed E-state index contributed by atoms with van der Waals surface area (Å²) in [6.07, 6.45) is 1.50. The Labute approximate surface area is 52.9 Å². The van der Waals surface area contributed by atoms with Gasteiger partial charge < -0.3 is 4.74 Å². The molecule has 0 aliphatic heterocycles. The van der Waals surface area contributed by atoms with Gasteiger partial charge in [-0.1, -0.05) is 5.11 Å². The molecule has 0 aromatic heterocycles. The fourth-order valence-corrected chi connectivity index (χ4v) is 0.360. The lowest BCUT2D eigenvalue weighted by molar-refractivity contribution is 0.180. The average Bonchev–Trinajstić information content (AvgIpc) is 2.65. The van der Waals surface area contributed by atoms with Crippen molar-refractivity contribution in [3.63, 3.8) is 0 Å². The highest BCUT2D eigenvalue weighted by Gasteiger charge is 2.20. The maximum absolute atomic E-state index is 10.3. The van der Waals surface area contributed by atoms with Crippen molar-refractivity contribution in [2.75, 3.05) is 7.11 Å². The van der Waals surface area contributed by atoms with Crippen LogP contribution in [0.3, 0.4) is 0 Å². The van der Waals surface area contributed by atoms with Crippen LogP contribution in [-0.4, -0.2) is 19.2 Å². The van der Waals surface area contributed by atoms with Gasteiger partial charge in [0.2, 0.25) is 0 Å². The molecule has 0 heterocycles. The van der Waals surface area contributed by atoms with E-state index in [0.29, 0.717) is 6.04 Å². The summed E-state index contributed by atoms with van der Waals surface area (Å²) in [6, 6.07) is 0.295. The van der Waals surface area contributed by atoms with Crippen molar-refractivity contribution in [2.24, 2.45) is 10.2 Å². The molecule has 50 valence electrons. The van der Waals surface area contributed by atoms with Crippen molar-refractivity contribution < 1.29 is 9.53 Å². The van der Waals surface area contributed by atoms with Gasteiger partial charge in [-0.3, -0.25) is 0 Å². The number of nitrogens with zero attached hydrogens (tertiary/aromatic N) is 2. The Morgan fingerprint density at radius 1 is 1.67 bits per heavy atom. The van der Waals surface area contributed by atoms with Gasteiger partial charge in [-0.05, 0) is 12.8 Å². The predicted molar refractivity (Wildman–Crippen MR) is 30.3 cm³/mol. The molecule has 1 amide bonds. The van der Waals surface area contributed by atoms with E-state index in [4.69, 9.17) is 0 Å². The van der Waals surface area contributed by atoms with Crippen molar-refractivity contribution in [1.29, 1.82) is 0 Å². The van der Waals surface area contributed by atoms with Crippen LogP contribution in [0.2, 0.25) is 0 Å². The van der Waals surface area contributed by atoms with Gasteiger partial charge in [0.05, 0.1) is 13.2 Å². The predicted octanol–water partition coefficient (Wildman–Crippen LogP) is 1.37. The zero-order valence-electron chi connectivity index (χ0n) is 5.20. The second-order valence-corrected chi connectivity index (χ2v) is 1.92. The van der Waals surface area contributed by atoms with E-state index in [1.165, 1.54) is 7.11 Å². The topological polar surface area (TPSA) is 51.0 Å². The van der Waals surface area contributed by atoms with E-state index >= 15 is 0 Å². The normalized spacial score (nSPS) is 18.3. The van der Waals surface area contributed by atoms with Crippen LogP contribution in [0.1, 0.15) is 12.8 Å². The van der Waals surface area contributed by atoms with Crippen molar-refractivity contribution in [2.45, 2.75) is 18.9 Å². The standard InChI is InChI=1S/C5H8N2O2/c1-9-5(8)7-6-4-2-3-4/h4H,2-3H2,1H3. The molecule has 0 unspecified atom stereocenters. The number of azo groups is 1. The minimum absolute atomic E-state index is 0.295. The molecule has 0 radical (unpaired) electrons. The third-order valence-electron chi connectivity index (χ3n) is 1.02. The summed E-state index contributed by atoms with van der Waals surface area (Å²) in [4.78, 5) is 10.3. The van der Waals surface area contributed by atoms with E-state index in [-0.39, 0.29) is 0 Å². The number of carbonyl (C=O) groups is 1. The lowest BCUT2D eigenvalue weighted by Crippen LogP contribution is -1.90. The molecule has 9 heavy (non-hydrogen) atoms. The maximum atomic E-state index is 10.3. The quantitative estimate of drug-likeness (QED) is 0.501. The molecule has 0 aromatic rings. The number of hydrogen-bond donors (Lipinski definition) is 0. The SMILES string of the molecule is COC(=O)N=NC1CC1. The van der Waals surface area contributed by atoms with Crippen molar-refractivity contribution in [3.05, 3.63) is 0 Å². The van der Waals surface area contributed by atoms with E-state index in [1.807, 2.05) is 0 Å². The van der Waals surface area contributed by atoms with Gasteiger partial charge in [0.1, 0.15) is 0 Å². The molecule has 1 fully saturated rings. The van der Waals surface area contributed by atoms with Crippen LogP contribution < -0.4 is 0 Å². The first-order valence-electron chi connectivity index (χ1n) is 2.81. The van der Waals surface area contributed by atoms with Gasteiger partial charge in [0, 0.05) is 0 Å². The summed E-state index contributed by atoms with van der Waals surface area (Å²) in [5.74, 6) is 0. The zero-order chi connectivity index (χ0) is 6.69. The minimum Gasteiger partial charge on any atom is -0.450 e. The Hall–Kier alpha value is -0.930. The van der Waals surface area contributed by atoms with E-state index < -0.39 is 6.09 Å². The molecule has 0 bridgehead atoms. The number of hydrogen-bond acceptors (Lipinski definition) is 3. The number of rotatable bonds is 1. The van der Waals surface area contributed by atoms with E-state index in [9.17, 15) is 4.79 Å². The number of carbonyl (C=O) groups excluding carboxylic acids is 1. The largest absolute Gasteiger partial charge is 0.451 e. The molecular weight excluding hydrogens is 120 g/mol. The molecule has 1 aliphatic rings. The fourth-order valence-electron chi connectivity index (χ4n) is 0.360. The third-order valence-corrected chi connectivity index (χ3v) is 1.02. The first-order chi connectivity index (χ1) is 4.33. The van der Waals surface area contributed by atoms with Crippen LogP contribution >= 0.6 is 0 Å². The fraction of sp³-hybridized carbons (Fsp3) is 0.800. The minimum atomic E-state index is -0.609. The van der Waals surface area contributed by atoms with Crippen LogP contribution in [0.15, 0.2) is 10.2 Å². The van der Waals surface area contributed by atoms with Crippen LogP contribution in [0.5, 0.6) is 0 Å². The van der Waals surface area contributed by atoms with Crippen molar-refractivity contribution in [3.8, 4) is 0 Å². The highest BCUT2D eigenvalue weighted by Crippen LogP contribution is 2.23. The number of amides is 1. The van der Waals surface area contributed by atoms with Crippen molar-refractivity contribution in [1.82, 2.24) is 0 Å². The molecule has 0 spiro atoms. The molecule has 0 aromatic carbocycles. The van der Waals surface area contributed by atoms with Gasteiger partial charge in [0.25, 0.3) is 0 Å². The van der Waals surface area contributed by atoms with Crippen LogP contribution in [0, 0.1) is 0 Å². The Balaban J connectivity index is 2.20. The summed E-state index contributed by atoms with van der Waals surface area (Å²) >= 11 is 0. The molecule has 4 heteroatoms. The molecule has 1 saturated carbocycles. The van der Waals surface area contributed by atoms with Gasteiger partial charge >= 0.3 is 6.09 Å². The summed E-state index contributed by atoms with van der Waals surface area (Å²) in [7, 11) is 1.29. The second kappa shape index (κ2) is 2.57. The van der Waals surface area contributed by atoms with Gasteiger partial charge in [-0.2, -0.15) is 5.11 Å². The molecule has 0 saturated heterocycles.